The van der Waals surface area contributed by atoms with Crippen molar-refractivity contribution in [2.75, 3.05) is 5.73 Å². The number of rotatable bonds is 3. The van der Waals surface area contributed by atoms with E-state index >= 15 is 0 Å². The lowest BCUT2D eigenvalue weighted by Crippen LogP contribution is -2.13. The number of nitrogen functional groups attached to an aromatic ring is 1. The molecule has 1 rings (SSSR count). The summed E-state index contributed by atoms with van der Waals surface area (Å²) in [5, 5.41) is 0. The van der Waals surface area contributed by atoms with Crippen LogP contribution in [0.4, 0.5) is 5.69 Å². The van der Waals surface area contributed by atoms with E-state index in [0.717, 1.165) is 0 Å². The SMILES string of the molecule is CCCC(=O)OC(=O)c1ccccc1N. The van der Waals surface area contributed by atoms with Crippen LogP contribution >= 0.6 is 0 Å². The first-order valence-electron chi connectivity index (χ1n) is 4.74. The number of nitrogens with two attached hydrogens (primary N) is 1. The molecule has 0 unspecified atom stereocenters. The molecule has 4 heteroatoms. The molecule has 0 atom stereocenters. The number of anilines is 1. The summed E-state index contributed by atoms with van der Waals surface area (Å²) in [7, 11) is 0. The number of para-hydroxylation sites is 1. The highest BCUT2D eigenvalue weighted by Gasteiger charge is 2.14. The molecule has 0 amide bonds. The van der Waals surface area contributed by atoms with E-state index < -0.39 is 11.9 Å². The molecule has 0 fully saturated rings. The summed E-state index contributed by atoms with van der Waals surface area (Å²) in [5.41, 5.74) is 6.09. The van der Waals surface area contributed by atoms with Gasteiger partial charge < -0.3 is 10.5 Å². The third-order valence-electron chi connectivity index (χ3n) is 1.84. The lowest BCUT2D eigenvalue weighted by molar-refractivity contribution is -0.137. The highest BCUT2D eigenvalue weighted by molar-refractivity contribution is 6.00. The maximum atomic E-state index is 11.4. The summed E-state index contributed by atoms with van der Waals surface area (Å²) in [6, 6.07) is 6.48. The third-order valence-corrected chi connectivity index (χ3v) is 1.84. The van der Waals surface area contributed by atoms with Gasteiger partial charge in [-0.1, -0.05) is 19.1 Å². The van der Waals surface area contributed by atoms with E-state index in [0.29, 0.717) is 12.1 Å². The Balaban J connectivity index is 2.70. The molecule has 15 heavy (non-hydrogen) atoms. The number of carbonyl (C=O) groups excluding carboxylic acids is 2. The van der Waals surface area contributed by atoms with Crippen LogP contribution in [-0.2, 0) is 9.53 Å². The largest absolute Gasteiger partial charge is 0.398 e. The van der Waals surface area contributed by atoms with Crippen molar-refractivity contribution in [3.63, 3.8) is 0 Å². The quantitative estimate of drug-likeness (QED) is 0.465. The minimum absolute atomic E-state index is 0.224. The molecule has 2 N–H and O–H groups in total. The Kier molecular flexibility index (Phi) is 3.85. The molecule has 0 aromatic heterocycles. The van der Waals surface area contributed by atoms with Crippen LogP contribution in [0, 0.1) is 0 Å². The Morgan fingerprint density at radius 3 is 2.60 bits per heavy atom. The van der Waals surface area contributed by atoms with Crippen molar-refractivity contribution < 1.29 is 14.3 Å². The van der Waals surface area contributed by atoms with Gasteiger partial charge >= 0.3 is 11.9 Å². The highest BCUT2D eigenvalue weighted by atomic mass is 16.6. The van der Waals surface area contributed by atoms with Gasteiger partial charge in [0.05, 0.1) is 5.56 Å². The van der Waals surface area contributed by atoms with Crippen molar-refractivity contribution in [2.45, 2.75) is 19.8 Å². The fraction of sp³-hybridized carbons (Fsp3) is 0.273. The molecule has 0 aliphatic rings. The molecule has 0 saturated carbocycles. The van der Waals surface area contributed by atoms with Gasteiger partial charge in [-0.05, 0) is 18.6 Å². The Hall–Kier alpha value is -1.84. The first kappa shape index (κ1) is 11.2. The smallest absolute Gasteiger partial charge is 0.347 e. The van der Waals surface area contributed by atoms with Crippen molar-refractivity contribution in [1.29, 1.82) is 0 Å². The number of carbonyl (C=O) groups is 2. The van der Waals surface area contributed by atoms with Crippen LogP contribution < -0.4 is 5.73 Å². The lowest BCUT2D eigenvalue weighted by Gasteiger charge is -2.04. The summed E-state index contributed by atoms with van der Waals surface area (Å²) < 4.78 is 4.60. The molecule has 0 heterocycles. The predicted octanol–water partition coefficient (Wildman–Crippen LogP) is 1.75. The summed E-state index contributed by atoms with van der Waals surface area (Å²) in [4.78, 5) is 22.5. The second-order valence-corrected chi connectivity index (χ2v) is 3.10. The van der Waals surface area contributed by atoms with Gasteiger partial charge in [0.2, 0.25) is 0 Å². The Bertz CT molecular complexity index is 374. The first-order chi connectivity index (χ1) is 7.15. The molecule has 0 bridgehead atoms. The van der Waals surface area contributed by atoms with Crippen LogP contribution in [0.1, 0.15) is 30.1 Å². The van der Waals surface area contributed by atoms with Crippen molar-refractivity contribution >= 4 is 17.6 Å². The van der Waals surface area contributed by atoms with E-state index in [4.69, 9.17) is 5.73 Å². The Labute approximate surface area is 88.0 Å². The van der Waals surface area contributed by atoms with Gasteiger partial charge in [0.15, 0.2) is 0 Å². The molecule has 0 aliphatic carbocycles. The average molecular weight is 207 g/mol. The van der Waals surface area contributed by atoms with E-state index in [1.807, 2.05) is 6.92 Å². The number of esters is 2. The fourth-order valence-electron chi connectivity index (χ4n) is 1.10. The minimum atomic E-state index is -0.688. The monoisotopic (exact) mass is 207 g/mol. The maximum Gasteiger partial charge on any atom is 0.347 e. The Morgan fingerprint density at radius 1 is 1.33 bits per heavy atom. The van der Waals surface area contributed by atoms with Crippen LogP contribution in [0.15, 0.2) is 24.3 Å². The molecule has 0 spiro atoms. The van der Waals surface area contributed by atoms with E-state index in [2.05, 4.69) is 4.74 Å². The topological polar surface area (TPSA) is 69.4 Å². The minimum Gasteiger partial charge on any atom is -0.398 e. The molecule has 1 aromatic carbocycles. The van der Waals surface area contributed by atoms with Crippen molar-refractivity contribution in [3.8, 4) is 0 Å². The summed E-state index contributed by atoms with van der Waals surface area (Å²) in [5.74, 6) is -1.21. The van der Waals surface area contributed by atoms with Gasteiger partial charge in [-0.15, -0.1) is 0 Å². The zero-order valence-corrected chi connectivity index (χ0v) is 8.53. The summed E-state index contributed by atoms with van der Waals surface area (Å²) in [6.45, 7) is 1.84. The second-order valence-electron chi connectivity index (χ2n) is 3.10. The zero-order chi connectivity index (χ0) is 11.3. The van der Waals surface area contributed by atoms with E-state index in [-0.39, 0.29) is 12.0 Å². The van der Waals surface area contributed by atoms with Gasteiger partial charge in [-0.3, -0.25) is 4.79 Å². The van der Waals surface area contributed by atoms with Gasteiger partial charge in [0.25, 0.3) is 0 Å². The Morgan fingerprint density at radius 2 is 2.00 bits per heavy atom. The maximum absolute atomic E-state index is 11.4. The normalized spacial score (nSPS) is 9.67. The molecule has 80 valence electrons. The van der Waals surface area contributed by atoms with E-state index in [1.165, 1.54) is 6.07 Å². The summed E-state index contributed by atoms with van der Waals surface area (Å²) in [6.07, 6.45) is 0.884. The average Bonchev–Trinajstić information content (AvgIpc) is 2.18. The van der Waals surface area contributed by atoms with Gasteiger partial charge in [-0.2, -0.15) is 0 Å². The van der Waals surface area contributed by atoms with E-state index in [9.17, 15) is 9.59 Å². The highest BCUT2D eigenvalue weighted by Crippen LogP contribution is 2.12. The standard InChI is InChI=1S/C11H13NO3/c1-2-5-10(13)15-11(14)8-6-3-4-7-9(8)12/h3-4,6-7H,2,5,12H2,1H3. The van der Waals surface area contributed by atoms with E-state index in [1.54, 1.807) is 18.2 Å². The number of benzene rings is 1. The predicted molar refractivity (Wildman–Crippen MR) is 56.2 cm³/mol. The van der Waals surface area contributed by atoms with Crippen molar-refractivity contribution in [2.24, 2.45) is 0 Å². The fourth-order valence-corrected chi connectivity index (χ4v) is 1.10. The third kappa shape index (κ3) is 3.09. The summed E-state index contributed by atoms with van der Waals surface area (Å²) >= 11 is 0. The van der Waals surface area contributed by atoms with Gasteiger partial charge in [0.1, 0.15) is 0 Å². The number of ether oxygens (including phenoxy) is 1. The lowest BCUT2D eigenvalue weighted by atomic mass is 10.2. The molecule has 0 radical (unpaired) electrons. The molecular formula is C11H13NO3. The van der Waals surface area contributed by atoms with Crippen molar-refractivity contribution in [3.05, 3.63) is 29.8 Å². The van der Waals surface area contributed by atoms with Crippen LogP contribution in [0.5, 0.6) is 0 Å². The van der Waals surface area contributed by atoms with Gasteiger partial charge in [0, 0.05) is 12.1 Å². The second kappa shape index (κ2) is 5.14. The van der Waals surface area contributed by atoms with Crippen LogP contribution in [0.2, 0.25) is 0 Å². The van der Waals surface area contributed by atoms with Crippen LogP contribution in [0.3, 0.4) is 0 Å². The zero-order valence-electron chi connectivity index (χ0n) is 8.53. The molecule has 0 aliphatic heterocycles. The number of hydrogen-bond acceptors (Lipinski definition) is 4. The molecule has 4 nitrogen and oxygen atoms in total. The molecule has 1 aromatic rings. The van der Waals surface area contributed by atoms with Crippen molar-refractivity contribution in [1.82, 2.24) is 0 Å². The van der Waals surface area contributed by atoms with Crippen LogP contribution in [-0.4, -0.2) is 11.9 Å². The van der Waals surface area contributed by atoms with Gasteiger partial charge in [-0.25, -0.2) is 4.79 Å². The molecule has 0 saturated heterocycles. The number of hydrogen-bond donors (Lipinski definition) is 1. The molecular weight excluding hydrogens is 194 g/mol. The van der Waals surface area contributed by atoms with Crippen LogP contribution in [0.25, 0.3) is 0 Å². The first-order valence-corrected chi connectivity index (χ1v) is 4.74.